The number of pyridine rings is 1. The molecular formula is C19H17ClN4O2S. The maximum atomic E-state index is 12.6. The van der Waals surface area contributed by atoms with Gasteiger partial charge in [-0.1, -0.05) is 0 Å². The number of aromatic amines is 1. The number of hydrogen-bond acceptors (Lipinski definition) is 6. The van der Waals surface area contributed by atoms with E-state index >= 15 is 0 Å². The Hall–Kier alpha value is -2.48. The van der Waals surface area contributed by atoms with Gasteiger partial charge in [0.05, 0.1) is 15.6 Å². The molecule has 0 bridgehead atoms. The van der Waals surface area contributed by atoms with Gasteiger partial charge in [0.25, 0.3) is 5.56 Å². The predicted octanol–water partition coefficient (Wildman–Crippen LogP) is 3.36. The van der Waals surface area contributed by atoms with Crippen LogP contribution in [0.1, 0.15) is 6.42 Å². The molecule has 4 heterocycles. The summed E-state index contributed by atoms with van der Waals surface area (Å²) in [7, 11) is 0. The molecule has 138 valence electrons. The molecule has 27 heavy (non-hydrogen) atoms. The Labute approximate surface area is 165 Å². The normalized spacial score (nSPS) is 16.5. The van der Waals surface area contributed by atoms with E-state index in [1.807, 2.05) is 35.8 Å². The zero-order valence-electron chi connectivity index (χ0n) is 14.3. The van der Waals surface area contributed by atoms with E-state index in [0.29, 0.717) is 28.2 Å². The molecule has 0 saturated carbocycles. The molecule has 4 aromatic rings. The minimum atomic E-state index is -0.188. The third-order valence-corrected chi connectivity index (χ3v) is 5.44. The van der Waals surface area contributed by atoms with Gasteiger partial charge in [0.15, 0.2) is 5.82 Å². The highest BCUT2D eigenvalue weighted by Crippen LogP contribution is 2.25. The fourth-order valence-corrected chi connectivity index (χ4v) is 3.97. The monoisotopic (exact) mass is 400 g/mol. The topological polar surface area (TPSA) is 79.9 Å². The minimum Gasteiger partial charge on any atom is -0.489 e. The van der Waals surface area contributed by atoms with E-state index in [4.69, 9.17) is 4.74 Å². The fourth-order valence-electron chi connectivity index (χ4n) is 3.23. The lowest BCUT2D eigenvalue weighted by atomic mass is 10.2. The number of nitrogens with zero attached hydrogens (tertiary/aromatic N) is 2. The molecule has 5 rings (SSSR count). The second kappa shape index (κ2) is 7.26. The van der Waals surface area contributed by atoms with Crippen molar-refractivity contribution in [3.05, 3.63) is 52.3 Å². The number of halogens is 1. The fraction of sp³-hybridized carbons (Fsp3) is 0.211. The molecule has 3 aromatic heterocycles. The van der Waals surface area contributed by atoms with E-state index in [1.54, 1.807) is 17.4 Å². The van der Waals surface area contributed by atoms with Gasteiger partial charge in [-0.25, -0.2) is 4.98 Å². The Morgan fingerprint density at radius 1 is 1.22 bits per heavy atom. The first-order chi connectivity index (χ1) is 12.8. The van der Waals surface area contributed by atoms with Gasteiger partial charge in [-0.3, -0.25) is 9.78 Å². The van der Waals surface area contributed by atoms with Crippen LogP contribution in [0.3, 0.4) is 0 Å². The van der Waals surface area contributed by atoms with E-state index in [0.717, 1.165) is 29.6 Å². The van der Waals surface area contributed by atoms with Gasteiger partial charge >= 0.3 is 0 Å². The summed E-state index contributed by atoms with van der Waals surface area (Å²) in [5.41, 5.74) is 1.10. The molecule has 0 amide bonds. The van der Waals surface area contributed by atoms with Gasteiger partial charge in [0.2, 0.25) is 0 Å². The Morgan fingerprint density at radius 3 is 3.00 bits per heavy atom. The van der Waals surface area contributed by atoms with Crippen molar-refractivity contribution in [2.45, 2.75) is 12.5 Å². The Bertz CT molecular complexity index is 1170. The van der Waals surface area contributed by atoms with Crippen LogP contribution in [0.4, 0.5) is 0 Å². The molecule has 1 atom stereocenters. The second-order valence-corrected chi connectivity index (χ2v) is 7.30. The second-order valence-electron chi connectivity index (χ2n) is 6.35. The summed E-state index contributed by atoms with van der Waals surface area (Å²) < 4.78 is 7.05. The van der Waals surface area contributed by atoms with Gasteiger partial charge in [-0.2, -0.15) is 0 Å². The summed E-state index contributed by atoms with van der Waals surface area (Å²) in [4.78, 5) is 24.5. The summed E-state index contributed by atoms with van der Waals surface area (Å²) >= 11 is 1.64. The van der Waals surface area contributed by atoms with Gasteiger partial charge in [0.1, 0.15) is 17.5 Å². The molecule has 1 aliphatic heterocycles. The molecule has 1 fully saturated rings. The number of rotatable bonds is 3. The smallest absolute Gasteiger partial charge is 0.259 e. The Kier molecular flexibility index (Phi) is 4.82. The third kappa shape index (κ3) is 3.41. The highest BCUT2D eigenvalue weighted by molar-refractivity contribution is 7.17. The molecule has 6 nitrogen and oxygen atoms in total. The van der Waals surface area contributed by atoms with Crippen LogP contribution in [0, 0.1) is 0 Å². The molecule has 1 aliphatic rings. The molecule has 1 saturated heterocycles. The van der Waals surface area contributed by atoms with Gasteiger partial charge in [-0.15, -0.1) is 23.7 Å². The van der Waals surface area contributed by atoms with Crippen molar-refractivity contribution in [3.8, 4) is 17.3 Å². The van der Waals surface area contributed by atoms with Crippen LogP contribution in [-0.2, 0) is 0 Å². The van der Waals surface area contributed by atoms with Crippen LogP contribution in [-0.4, -0.2) is 34.1 Å². The third-order valence-electron chi connectivity index (χ3n) is 4.58. The van der Waals surface area contributed by atoms with Crippen LogP contribution in [0.2, 0.25) is 0 Å². The number of aromatic nitrogens is 3. The summed E-state index contributed by atoms with van der Waals surface area (Å²) in [5, 5.41) is 6.90. The average Bonchev–Trinajstić information content (AvgIpc) is 3.33. The van der Waals surface area contributed by atoms with Gasteiger partial charge in [-0.05, 0) is 54.1 Å². The zero-order valence-corrected chi connectivity index (χ0v) is 15.9. The van der Waals surface area contributed by atoms with Crippen LogP contribution < -0.4 is 15.6 Å². The maximum absolute atomic E-state index is 12.6. The summed E-state index contributed by atoms with van der Waals surface area (Å²) in [5.74, 6) is 1.17. The van der Waals surface area contributed by atoms with Crippen LogP contribution in [0.15, 0.2) is 46.7 Å². The average molecular weight is 401 g/mol. The van der Waals surface area contributed by atoms with E-state index in [9.17, 15) is 4.79 Å². The van der Waals surface area contributed by atoms with Crippen LogP contribution >= 0.6 is 23.7 Å². The van der Waals surface area contributed by atoms with Gasteiger partial charge in [0, 0.05) is 12.7 Å². The molecule has 1 unspecified atom stereocenters. The number of thiophene rings is 1. The van der Waals surface area contributed by atoms with E-state index in [-0.39, 0.29) is 24.1 Å². The summed E-state index contributed by atoms with van der Waals surface area (Å²) in [6.07, 6.45) is 2.94. The molecule has 1 aromatic carbocycles. The molecule has 0 radical (unpaired) electrons. The number of hydrogen-bond donors (Lipinski definition) is 2. The van der Waals surface area contributed by atoms with E-state index < -0.39 is 0 Å². The first-order valence-corrected chi connectivity index (χ1v) is 9.39. The summed E-state index contributed by atoms with van der Waals surface area (Å²) in [6.45, 7) is 1.80. The van der Waals surface area contributed by atoms with Crippen molar-refractivity contribution in [2.24, 2.45) is 0 Å². The number of fused-ring (bicyclic) bond motifs is 2. The molecule has 8 heteroatoms. The number of benzene rings is 1. The summed E-state index contributed by atoms with van der Waals surface area (Å²) in [6, 6.07) is 9.44. The van der Waals surface area contributed by atoms with Crippen LogP contribution in [0.25, 0.3) is 32.5 Å². The highest BCUT2D eigenvalue weighted by Gasteiger charge is 2.16. The maximum Gasteiger partial charge on any atom is 0.259 e. The van der Waals surface area contributed by atoms with E-state index in [1.165, 1.54) is 0 Å². The lowest BCUT2D eigenvalue weighted by Gasteiger charge is -2.12. The number of ether oxygens (including phenoxy) is 1. The van der Waals surface area contributed by atoms with Crippen molar-refractivity contribution in [1.82, 2.24) is 20.3 Å². The first kappa shape index (κ1) is 17.9. The quantitative estimate of drug-likeness (QED) is 0.551. The largest absolute Gasteiger partial charge is 0.489 e. The van der Waals surface area contributed by atoms with Crippen molar-refractivity contribution >= 4 is 44.7 Å². The van der Waals surface area contributed by atoms with E-state index in [2.05, 4.69) is 20.3 Å². The lowest BCUT2D eigenvalue weighted by Crippen LogP contribution is -2.19. The zero-order chi connectivity index (χ0) is 17.5. The lowest BCUT2D eigenvalue weighted by molar-refractivity contribution is 0.223. The minimum absolute atomic E-state index is 0. The van der Waals surface area contributed by atoms with Crippen LogP contribution in [0.5, 0.6) is 5.75 Å². The Morgan fingerprint density at radius 2 is 2.15 bits per heavy atom. The number of H-pyrrole nitrogens is 1. The highest BCUT2D eigenvalue weighted by atomic mass is 35.5. The van der Waals surface area contributed by atoms with Crippen molar-refractivity contribution in [1.29, 1.82) is 0 Å². The van der Waals surface area contributed by atoms with Crippen molar-refractivity contribution < 1.29 is 4.74 Å². The molecule has 0 spiro atoms. The first-order valence-electron chi connectivity index (χ1n) is 8.51. The number of nitrogens with one attached hydrogen (secondary N) is 2. The van der Waals surface area contributed by atoms with Gasteiger partial charge < -0.3 is 15.0 Å². The standard InChI is InChI=1S/C19H16N4O2S.ClH/c24-19-14-8-12(25-13-3-5-20-9-13)1-2-15(14)22-18(23-19)16-7-11-4-6-26-17(11)10-21-16;/h1-2,4,6-8,10,13,20H,3,5,9H2,(H,22,23,24);1H. The van der Waals surface area contributed by atoms with Crippen molar-refractivity contribution in [2.75, 3.05) is 13.1 Å². The SMILES string of the molecule is Cl.O=c1[nH]c(-c2cc3ccsc3cn2)nc2ccc(OC3CCNC3)cc12. The predicted molar refractivity (Wildman–Crippen MR) is 110 cm³/mol. The van der Waals surface area contributed by atoms with Crippen molar-refractivity contribution in [3.63, 3.8) is 0 Å². The molecule has 2 N–H and O–H groups in total. The Balaban J connectivity index is 0.00000180. The molecule has 0 aliphatic carbocycles. The molecular weight excluding hydrogens is 384 g/mol.